The lowest BCUT2D eigenvalue weighted by molar-refractivity contribution is 0.496. The van der Waals surface area contributed by atoms with E-state index in [2.05, 4.69) is 28.9 Å². The first-order chi connectivity index (χ1) is 5.97. The molecule has 0 aliphatic rings. The van der Waals surface area contributed by atoms with E-state index in [-0.39, 0.29) is 5.54 Å². The number of nitrogens with two attached hydrogens (primary N) is 1. The van der Waals surface area contributed by atoms with Crippen molar-refractivity contribution in [3.8, 4) is 0 Å². The Hall–Kier alpha value is -0.680. The first kappa shape index (κ1) is 10.4. The highest BCUT2D eigenvalue weighted by Gasteiger charge is 2.24. The van der Waals surface area contributed by atoms with Crippen molar-refractivity contribution in [1.82, 2.24) is 10.2 Å². The summed E-state index contributed by atoms with van der Waals surface area (Å²) in [6, 6.07) is 0. The number of likely N-dealkylation sites (N-methyl/N-ethyl adjacent to an activating group) is 1. The zero-order valence-corrected chi connectivity index (χ0v) is 9.35. The molecule has 2 N–H and O–H groups in total. The van der Waals surface area contributed by atoms with E-state index in [1.165, 1.54) is 0 Å². The lowest BCUT2D eigenvalue weighted by Gasteiger charge is -2.33. The van der Waals surface area contributed by atoms with Gasteiger partial charge in [-0.1, -0.05) is 11.3 Å². The SMILES string of the molecule is Cc1nnc(N(C)C(C)(C)CN)s1. The Morgan fingerprint density at radius 2 is 2.08 bits per heavy atom. The summed E-state index contributed by atoms with van der Waals surface area (Å²) in [6.07, 6.45) is 0. The fourth-order valence-electron chi connectivity index (χ4n) is 0.818. The maximum atomic E-state index is 5.67. The number of rotatable bonds is 3. The molecule has 0 unspecified atom stereocenters. The molecule has 0 saturated heterocycles. The summed E-state index contributed by atoms with van der Waals surface area (Å²) in [5.41, 5.74) is 5.60. The van der Waals surface area contributed by atoms with Crippen LogP contribution < -0.4 is 10.6 Å². The third-order valence-electron chi connectivity index (χ3n) is 2.21. The van der Waals surface area contributed by atoms with E-state index in [1.54, 1.807) is 11.3 Å². The van der Waals surface area contributed by atoms with E-state index in [0.29, 0.717) is 6.54 Å². The first-order valence-corrected chi connectivity index (χ1v) is 5.03. The van der Waals surface area contributed by atoms with Crippen LogP contribution in [0.3, 0.4) is 0 Å². The quantitative estimate of drug-likeness (QED) is 0.791. The molecule has 1 heterocycles. The molecule has 0 aliphatic heterocycles. The Kier molecular flexibility index (Phi) is 2.87. The van der Waals surface area contributed by atoms with Crippen molar-refractivity contribution >= 4 is 16.5 Å². The van der Waals surface area contributed by atoms with Crippen LogP contribution >= 0.6 is 11.3 Å². The molecule has 0 saturated carbocycles. The molecular weight excluding hydrogens is 184 g/mol. The van der Waals surface area contributed by atoms with Crippen molar-refractivity contribution in [2.45, 2.75) is 26.3 Å². The molecule has 0 aliphatic carbocycles. The molecule has 4 nitrogen and oxygen atoms in total. The van der Waals surface area contributed by atoms with Gasteiger partial charge in [-0.15, -0.1) is 10.2 Å². The largest absolute Gasteiger partial charge is 0.343 e. The molecule has 1 aromatic rings. The molecule has 1 rings (SSSR count). The second kappa shape index (κ2) is 3.59. The predicted molar refractivity (Wildman–Crippen MR) is 56.2 cm³/mol. The summed E-state index contributed by atoms with van der Waals surface area (Å²) < 4.78 is 0. The smallest absolute Gasteiger partial charge is 0.208 e. The van der Waals surface area contributed by atoms with Crippen LogP contribution in [-0.4, -0.2) is 29.3 Å². The van der Waals surface area contributed by atoms with Gasteiger partial charge in [-0.05, 0) is 20.8 Å². The van der Waals surface area contributed by atoms with Gasteiger partial charge in [0.15, 0.2) is 0 Å². The normalized spacial score (nSPS) is 11.8. The number of hydrogen-bond donors (Lipinski definition) is 1. The Labute approximate surface area is 82.8 Å². The summed E-state index contributed by atoms with van der Waals surface area (Å²) >= 11 is 1.59. The van der Waals surface area contributed by atoms with Gasteiger partial charge in [0.05, 0.1) is 0 Å². The monoisotopic (exact) mass is 200 g/mol. The average molecular weight is 200 g/mol. The van der Waals surface area contributed by atoms with Gasteiger partial charge in [0, 0.05) is 19.1 Å². The molecule has 0 radical (unpaired) electrons. The number of hydrogen-bond acceptors (Lipinski definition) is 5. The van der Waals surface area contributed by atoms with Crippen LogP contribution in [0.5, 0.6) is 0 Å². The molecule has 0 atom stereocenters. The fourth-order valence-corrected chi connectivity index (χ4v) is 1.63. The minimum Gasteiger partial charge on any atom is -0.343 e. The highest BCUT2D eigenvalue weighted by Crippen LogP contribution is 2.24. The van der Waals surface area contributed by atoms with Gasteiger partial charge in [0.2, 0.25) is 5.13 Å². The van der Waals surface area contributed by atoms with E-state index in [4.69, 9.17) is 5.73 Å². The van der Waals surface area contributed by atoms with Gasteiger partial charge in [-0.3, -0.25) is 0 Å². The summed E-state index contributed by atoms with van der Waals surface area (Å²) in [5, 5.41) is 9.95. The third kappa shape index (κ3) is 2.16. The molecule has 0 bridgehead atoms. The Morgan fingerprint density at radius 1 is 1.46 bits per heavy atom. The van der Waals surface area contributed by atoms with Crippen molar-refractivity contribution < 1.29 is 0 Å². The van der Waals surface area contributed by atoms with Crippen molar-refractivity contribution in [3.05, 3.63) is 5.01 Å². The number of anilines is 1. The van der Waals surface area contributed by atoms with Crippen LogP contribution in [0, 0.1) is 6.92 Å². The van der Waals surface area contributed by atoms with Crippen molar-refractivity contribution in [1.29, 1.82) is 0 Å². The van der Waals surface area contributed by atoms with Gasteiger partial charge < -0.3 is 10.6 Å². The minimum atomic E-state index is -0.0635. The molecule has 1 aromatic heterocycles. The maximum absolute atomic E-state index is 5.67. The molecular formula is C8H16N4S. The maximum Gasteiger partial charge on any atom is 0.208 e. The topological polar surface area (TPSA) is 55.0 Å². The minimum absolute atomic E-state index is 0.0635. The van der Waals surface area contributed by atoms with Gasteiger partial charge in [0.25, 0.3) is 0 Å². The lowest BCUT2D eigenvalue weighted by Crippen LogP contribution is -2.47. The Morgan fingerprint density at radius 3 is 2.46 bits per heavy atom. The van der Waals surface area contributed by atoms with E-state index in [9.17, 15) is 0 Å². The van der Waals surface area contributed by atoms with E-state index in [1.807, 2.05) is 14.0 Å². The molecule has 0 aromatic carbocycles. The van der Waals surface area contributed by atoms with E-state index in [0.717, 1.165) is 10.1 Å². The first-order valence-electron chi connectivity index (χ1n) is 4.21. The number of nitrogens with zero attached hydrogens (tertiary/aromatic N) is 3. The van der Waals surface area contributed by atoms with Crippen molar-refractivity contribution in [2.75, 3.05) is 18.5 Å². The molecule has 0 amide bonds. The second-order valence-electron chi connectivity index (χ2n) is 3.68. The summed E-state index contributed by atoms with van der Waals surface area (Å²) in [4.78, 5) is 2.07. The highest BCUT2D eigenvalue weighted by molar-refractivity contribution is 7.15. The zero-order chi connectivity index (χ0) is 10.1. The van der Waals surface area contributed by atoms with Crippen LogP contribution in [0.25, 0.3) is 0 Å². The summed E-state index contributed by atoms with van der Waals surface area (Å²) in [5.74, 6) is 0. The predicted octanol–water partition coefficient (Wildman–Crippen LogP) is 1.02. The van der Waals surface area contributed by atoms with Crippen LogP contribution in [-0.2, 0) is 0 Å². The van der Waals surface area contributed by atoms with Crippen LogP contribution in [0.4, 0.5) is 5.13 Å². The van der Waals surface area contributed by atoms with Gasteiger partial charge >= 0.3 is 0 Å². The summed E-state index contributed by atoms with van der Waals surface area (Å²) in [7, 11) is 1.99. The van der Waals surface area contributed by atoms with Crippen LogP contribution in [0.15, 0.2) is 0 Å². The summed E-state index contributed by atoms with van der Waals surface area (Å²) in [6.45, 7) is 6.72. The van der Waals surface area contributed by atoms with Crippen LogP contribution in [0.2, 0.25) is 0 Å². The van der Waals surface area contributed by atoms with Crippen molar-refractivity contribution in [3.63, 3.8) is 0 Å². The zero-order valence-electron chi connectivity index (χ0n) is 8.53. The Balaban J connectivity index is 2.84. The third-order valence-corrected chi connectivity index (χ3v) is 3.12. The van der Waals surface area contributed by atoms with Crippen molar-refractivity contribution in [2.24, 2.45) is 5.73 Å². The van der Waals surface area contributed by atoms with E-state index >= 15 is 0 Å². The molecule has 5 heteroatoms. The lowest BCUT2D eigenvalue weighted by atomic mass is 10.1. The molecule has 0 fully saturated rings. The van der Waals surface area contributed by atoms with Gasteiger partial charge in [-0.25, -0.2) is 0 Å². The van der Waals surface area contributed by atoms with Gasteiger partial charge in [0.1, 0.15) is 5.01 Å². The van der Waals surface area contributed by atoms with Gasteiger partial charge in [-0.2, -0.15) is 0 Å². The standard InChI is InChI=1S/C8H16N4S/c1-6-10-11-7(13-6)12(4)8(2,3)5-9/h5,9H2,1-4H3. The number of aryl methyl sites for hydroxylation is 1. The number of aromatic nitrogens is 2. The van der Waals surface area contributed by atoms with Crippen LogP contribution in [0.1, 0.15) is 18.9 Å². The molecule has 13 heavy (non-hydrogen) atoms. The highest BCUT2D eigenvalue weighted by atomic mass is 32.1. The molecule has 74 valence electrons. The second-order valence-corrected chi connectivity index (χ2v) is 4.84. The average Bonchev–Trinajstić information content (AvgIpc) is 2.50. The molecule has 0 spiro atoms. The Bertz CT molecular complexity index is 281. The van der Waals surface area contributed by atoms with E-state index < -0.39 is 0 Å². The fraction of sp³-hybridized carbons (Fsp3) is 0.750.